The summed E-state index contributed by atoms with van der Waals surface area (Å²) in [5, 5.41) is 20.5. The van der Waals surface area contributed by atoms with Gasteiger partial charge in [0.1, 0.15) is 11.6 Å². The molecule has 29 heavy (non-hydrogen) atoms. The number of hydrogen-bond acceptors (Lipinski definition) is 5. The Morgan fingerprint density at radius 2 is 2.07 bits per heavy atom. The standard InChI is InChI=1S/C22H25N3O3S/c1-4-5-6-21(27)28-17-11-16(13-26)18-8-10-29(20(18)12-17)19-7-9-25-15(3)23-24-22(25)14(19)2/h7-12,26,29H,4-6,13H2,1-3H3. The van der Waals surface area contributed by atoms with E-state index in [1.54, 1.807) is 6.07 Å². The third-order valence-corrected chi connectivity index (χ3v) is 7.57. The van der Waals surface area contributed by atoms with Gasteiger partial charge in [-0.1, -0.05) is 13.3 Å². The lowest BCUT2D eigenvalue weighted by atomic mass is 10.1. The van der Waals surface area contributed by atoms with Gasteiger partial charge in [-0.15, -0.1) is 10.2 Å². The number of unbranched alkanes of at least 4 members (excludes halogenated alkanes) is 1. The molecule has 0 aliphatic carbocycles. The molecule has 3 heterocycles. The molecule has 0 spiro atoms. The van der Waals surface area contributed by atoms with Crippen molar-refractivity contribution in [2.24, 2.45) is 0 Å². The maximum Gasteiger partial charge on any atom is 0.311 e. The lowest BCUT2D eigenvalue weighted by molar-refractivity contribution is -0.134. The average Bonchev–Trinajstić information content (AvgIpc) is 3.30. The number of fused-ring (bicyclic) bond motifs is 2. The number of aryl methyl sites for hydroxylation is 2. The molecule has 1 aliphatic rings. The highest BCUT2D eigenvalue weighted by Crippen LogP contribution is 2.55. The molecule has 1 unspecified atom stereocenters. The van der Waals surface area contributed by atoms with E-state index in [0.717, 1.165) is 45.9 Å². The summed E-state index contributed by atoms with van der Waals surface area (Å²) in [5.74, 6) is 1.12. The highest BCUT2D eigenvalue weighted by atomic mass is 32.2. The molecule has 0 amide bonds. The van der Waals surface area contributed by atoms with E-state index in [4.69, 9.17) is 4.74 Å². The van der Waals surface area contributed by atoms with Crippen molar-refractivity contribution < 1.29 is 14.6 Å². The van der Waals surface area contributed by atoms with Crippen molar-refractivity contribution in [3.8, 4) is 5.75 Å². The fourth-order valence-corrected chi connectivity index (χ4v) is 5.95. The molecule has 0 radical (unpaired) electrons. The lowest BCUT2D eigenvalue weighted by Crippen LogP contribution is -2.08. The Morgan fingerprint density at radius 1 is 1.24 bits per heavy atom. The Morgan fingerprint density at radius 3 is 2.83 bits per heavy atom. The molecular formula is C22H25N3O3S. The van der Waals surface area contributed by atoms with Crippen LogP contribution in [0.4, 0.5) is 0 Å². The molecular weight excluding hydrogens is 386 g/mol. The van der Waals surface area contributed by atoms with Crippen LogP contribution in [0.1, 0.15) is 48.7 Å². The number of carbonyl (C=O) groups is 1. The smallest absolute Gasteiger partial charge is 0.311 e. The van der Waals surface area contributed by atoms with Crippen LogP contribution < -0.4 is 4.74 Å². The maximum atomic E-state index is 12.1. The fraction of sp³-hybridized carbons (Fsp3) is 0.318. The van der Waals surface area contributed by atoms with E-state index in [2.05, 4.69) is 34.7 Å². The van der Waals surface area contributed by atoms with Gasteiger partial charge in [0.2, 0.25) is 0 Å². The first-order valence-electron chi connectivity index (χ1n) is 9.80. The molecule has 0 bridgehead atoms. The summed E-state index contributed by atoms with van der Waals surface area (Å²) in [6.45, 7) is 5.94. The van der Waals surface area contributed by atoms with E-state index in [1.807, 2.05) is 30.5 Å². The lowest BCUT2D eigenvalue weighted by Gasteiger charge is -2.20. The first-order chi connectivity index (χ1) is 14.0. The van der Waals surface area contributed by atoms with Crippen LogP contribution in [0.5, 0.6) is 5.75 Å². The minimum atomic E-state index is -0.779. The number of carbonyl (C=O) groups excluding carboxylic acids is 1. The zero-order valence-electron chi connectivity index (χ0n) is 16.8. The van der Waals surface area contributed by atoms with Crippen LogP contribution in [-0.2, 0) is 11.4 Å². The average molecular weight is 412 g/mol. The van der Waals surface area contributed by atoms with Crippen LogP contribution in [0.2, 0.25) is 0 Å². The van der Waals surface area contributed by atoms with Crippen LogP contribution in [0.3, 0.4) is 0 Å². The SMILES string of the molecule is CCCCC(=O)Oc1cc(CO)c2c(c1)[SH](c1ccn3c(C)nnc3c1C)C=C2. The summed E-state index contributed by atoms with van der Waals surface area (Å²) >= 11 is 0. The number of ether oxygens (including phenoxy) is 1. The van der Waals surface area contributed by atoms with Crippen LogP contribution in [-0.4, -0.2) is 25.7 Å². The maximum absolute atomic E-state index is 12.1. The van der Waals surface area contributed by atoms with Gasteiger partial charge in [-0.2, -0.15) is 10.9 Å². The number of pyridine rings is 1. The summed E-state index contributed by atoms with van der Waals surface area (Å²) in [5.41, 5.74) is 3.74. The molecule has 0 fully saturated rings. The third-order valence-electron chi connectivity index (χ3n) is 5.23. The van der Waals surface area contributed by atoms with Crippen LogP contribution in [0.15, 0.2) is 39.6 Å². The van der Waals surface area contributed by atoms with E-state index in [-0.39, 0.29) is 12.6 Å². The predicted molar refractivity (Wildman–Crippen MR) is 115 cm³/mol. The normalized spacial score (nSPS) is 16.3. The number of esters is 1. The predicted octanol–water partition coefficient (Wildman–Crippen LogP) is 4.34. The monoisotopic (exact) mass is 411 g/mol. The number of aromatic nitrogens is 3. The Hall–Kier alpha value is -2.64. The Labute approximate surface area is 172 Å². The minimum Gasteiger partial charge on any atom is -0.426 e. The molecule has 4 rings (SSSR count). The van der Waals surface area contributed by atoms with Crippen molar-refractivity contribution in [2.75, 3.05) is 0 Å². The highest BCUT2D eigenvalue weighted by molar-refractivity contribution is 8.20. The van der Waals surface area contributed by atoms with E-state index in [1.165, 1.54) is 4.90 Å². The van der Waals surface area contributed by atoms with Gasteiger partial charge in [0, 0.05) is 28.0 Å². The summed E-state index contributed by atoms with van der Waals surface area (Å²) in [4.78, 5) is 14.4. The van der Waals surface area contributed by atoms with Gasteiger partial charge < -0.3 is 9.84 Å². The molecule has 1 N–H and O–H groups in total. The van der Waals surface area contributed by atoms with E-state index in [9.17, 15) is 9.90 Å². The molecule has 7 heteroatoms. The Balaban J connectivity index is 1.74. The number of hydrogen-bond donors (Lipinski definition) is 2. The molecule has 1 aromatic carbocycles. The number of thiol groups is 1. The number of aliphatic hydroxyl groups excluding tert-OH is 1. The van der Waals surface area contributed by atoms with Crippen LogP contribution in [0.25, 0.3) is 11.7 Å². The summed E-state index contributed by atoms with van der Waals surface area (Å²) < 4.78 is 7.56. The van der Waals surface area contributed by atoms with Gasteiger partial charge in [-0.05, 0) is 61.1 Å². The molecule has 2 aromatic heterocycles. The van der Waals surface area contributed by atoms with Crippen molar-refractivity contribution >= 4 is 28.6 Å². The first kappa shape index (κ1) is 19.7. The van der Waals surface area contributed by atoms with Crippen molar-refractivity contribution in [3.05, 3.63) is 52.3 Å². The zero-order valence-corrected chi connectivity index (χ0v) is 17.7. The van der Waals surface area contributed by atoms with Gasteiger partial charge in [0.15, 0.2) is 5.65 Å². The zero-order chi connectivity index (χ0) is 20.5. The van der Waals surface area contributed by atoms with Crippen LogP contribution >= 0.6 is 10.9 Å². The first-order valence-corrected chi connectivity index (χ1v) is 11.2. The highest BCUT2D eigenvalue weighted by Gasteiger charge is 2.23. The van der Waals surface area contributed by atoms with E-state index >= 15 is 0 Å². The van der Waals surface area contributed by atoms with E-state index in [0.29, 0.717) is 12.2 Å². The van der Waals surface area contributed by atoms with Gasteiger partial charge in [-0.25, -0.2) is 0 Å². The van der Waals surface area contributed by atoms with E-state index < -0.39 is 10.9 Å². The molecule has 1 atom stereocenters. The molecule has 1 aliphatic heterocycles. The van der Waals surface area contributed by atoms with Crippen molar-refractivity contribution in [3.63, 3.8) is 0 Å². The van der Waals surface area contributed by atoms with Crippen molar-refractivity contribution in [1.29, 1.82) is 0 Å². The second-order valence-corrected chi connectivity index (χ2v) is 9.21. The second-order valence-electron chi connectivity index (χ2n) is 7.20. The van der Waals surface area contributed by atoms with Crippen molar-refractivity contribution in [2.45, 2.75) is 56.4 Å². The van der Waals surface area contributed by atoms with Gasteiger partial charge in [0.25, 0.3) is 0 Å². The molecule has 3 aromatic rings. The number of aliphatic hydroxyl groups is 1. The summed E-state index contributed by atoms with van der Waals surface area (Å²) in [6.07, 6.45) is 6.22. The summed E-state index contributed by atoms with van der Waals surface area (Å²) in [6, 6.07) is 5.83. The van der Waals surface area contributed by atoms with Gasteiger partial charge in [0.05, 0.1) is 6.61 Å². The topological polar surface area (TPSA) is 76.7 Å². The van der Waals surface area contributed by atoms with Gasteiger partial charge in [-0.3, -0.25) is 9.20 Å². The number of benzene rings is 1. The molecule has 152 valence electrons. The Bertz CT molecular complexity index is 1120. The van der Waals surface area contributed by atoms with Crippen molar-refractivity contribution in [1.82, 2.24) is 14.6 Å². The minimum absolute atomic E-state index is 0.0996. The molecule has 0 saturated carbocycles. The number of rotatable bonds is 6. The fourth-order valence-electron chi connectivity index (χ4n) is 3.64. The third kappa shape index (κ3) is 3.56. The largest absolute Gasteiger partial charge is 0.426 e. The molecule has 6 nitrogen and oxygen atoms in total. The second kappa shape index (κ2) is 8.00. The number of nitrogens with zero attached hydrogens (tertiary/aromatic N) is 3. The van der Waals surface area contributed by atoms with Crippen LogP contribution in [0, 0.1) is 13.8 Å². The molecule has 0 saturated heterocycles. The van der Waals surface area contributed by atoms with Gasteiger partial charge >= 0.3 is 5.97 Å². The Kier molecular flexibility index (Phi) is 5.43. The summed E-state index contributed by atoms with van der Waals surface area (Å²) in [7, 11) is -0.779. The quantitative estimate of drug-likeness (QED) is 0.359.